The fourth-order valence-corrected chi connectivity index (χ4v) is 10.5. The van der Waals surface area contributed by atoms with E-state index in [0.717, 1.165) is 22.3 Å². The number of aryl methyl sites for hydroxylation is 1. The van der Waals surface area contributed by atoms with Crippen molar-refractivity contribution in [2.75, 3.05) is 38.7 Å². The summed E-state index contributed by atoms with van der Waals surface area (Å²) in [7, 11) is 1.50. The number of anilines is 1. The number of aromatic nitrogens is 1. The van der Waals surface area contributed by atoms with E-state index in [-0.39, 0.29) is 93.7 Å². The summed E-state index contributed by atoms with van der Waals surface area (Å²) in [6.07, 6.45) is 5.33. The number of nitrogens with zero attached hydrogens (tertiary/aromatic N) is 5. The number of ether oxygens (including phenoxy) is 4. The van der Waals surface area contributed by atoms with Gasteiger partial charge in [-0.3, -0.25) is 38.9 Å². The fraction of sp³-hybridized carbons (Fsp3) is 0.383. The van der Waals surface area contributed by atoms with Gasteiger partial charge in [-0.1, -0.05) is 50.2 Å². The normalized spacial score (nSPS) is 16.6. The maximum absolute atomic E-state index is 14.5. The number of pyridine rings is 1. The Balaban J connectivity index is 0.829. The number of benzene rings is 4. The number of urea groups is 1. The van der Waals surface area contributed by atoms with Gasteiger partial charge in [-0.25, -0.2) is 4.79 Å². The highest BCUT2D eigenvalue weighted by atomic mass is 16.5. The summed E-state index contributed by atoms with van der Waals surface area (Å²) < 4.78 is 23.7. The van der Waals surface area contributed by atoms with Crippen molar-refractivity contribution in [2.24, 2.45) is 33.3 Å². The van der Waals surface area contributed by atoms with Crippen LogP contribution < -0.4 is 41.6 Å². The van der Waals surface area contributed by atoms with Crippen LogP contribution in [0.3, 0.4) is 0 Å². The van der Waals surface area contributed by atoms with E-state index in [4.69, 9.17) is 45.4 Å². The third kappa shape index (κ3) is 13.3. The number of Topliss-reactive ketones (excluding diaryl/α,β-unsaturated/α-hetero) is 1. The van der Waals surface area contributed by atoms with Gasteiger partial charge in [-0.2, -0.15) is 0 Å². The van der Waals surface area contributed by atoms with Crippen LogP contribution in [0.5, 0.6) is 17.2 Å². The van der Waals surface area contributed by atoms with E-state index in [1.165, 1.54) is 12.7 Å². The summed E-state index contributed by atoms with van der Waals surface area (Å²) in [6, 6.07) is 24.3. The minimum Gasteiger partial charge on any atom is -0.493 e. The molecule has 0 fully saturated rings. The standard InChI is InChI=1S/C60H68N10O10/c1-35(2)56(68-55(72)16-19-78-20-17-61)51(71)25-39(11-8-18-63-60(62)76)57(73)67-42-15-14-38-24-46-30-65-50-28-54(53(77-4)26-48(50)59(75)70(46)32-41(38)22-42)80-34-44-13-7-12-43(66-44)33-79-52-27-49-47(21-36(52)3)58(74)69-31-40-10-6-5-9-37(40)23-45(69)29-64-49/h5-7,9-10,12-15,21-22,26-30,35,39,45-46,56H,8,11,16-20,23-25,31-34,61H2,1-4H3,(H,67,73)(H,68,72)(H3,62,63,76)/t39-,45+,46+,56+/m1/s1. The smallest absolute Gasteiger partial charge is 0.312 e. The third-order valence-electron chi connectivity index (χ3n) is 14.8. The molecular formula is C60H68N10O10. The molecule has 20 heteroatoms. The van der Waals surface area contributed by atoms with Gasteiger partial charge in [0.25, 0.3) is 11.8 Å². The first-order valence-electron chi connectivity index (χ1n) is 27.1. The van der Waals surface area contributed by atoms with Crippen LogP contribution >= 0.6 is 0 Å². The predicted molar refractivity (Wildman–Crippen MR) is 301 cm³/mol. The van der Waals surface area contributed by atoms with Crippen molar-refractivity contribution in [3.05, 3.63) is 135 Å². The van der Waals surface area contributed by atoms with Crippen molar-refractivity contribution in [3.8, 4) is 17.2 Å². The van der Waals surface area contributed by atoms with Crippen LogP contribution in [-0.2, 0) is 58.3 Å². The molecule has 0 saturated heterocycles. The summed E-state index contributed by atoms with van der Waals surface area (Å²) in [5.74, 6) is -1.12. The molecule has 20 nitrogen and oxygen atoms in total. The maximum Gasteiger partial charge on any atom is 0.312 e. The molecule has 4 aliphatic heterocycles. The zero-order valence-corrected chi connectivity index (χ0v) is 45.5. The first-order valence-corrected chi connectivity index (χ1v) is 27.1. The molecule has 4 aromatic carbocycles. The SMILES string of the molecule is COc1cc2c(cc1OCc1cccc(COc3cc4c(cc3C)C(=O)N3Cc5ccccc5C[C@H]3C=N4)n1)N=C[C@@H]1Cc3ccc(NC(=O)[C@H](CCCNC(N)=O)CC(=O)[C@@H](NC(=O)CCOCCN)C(C)C)cc3CN1C2=O. The number of ketones is 1. The zero-order chi connectivity index (χ0) is 56.5. The highest BCUT2D eigenvalue weighted by Gasteiger charge is 2.36. The second kappa shape index (κ2) is 25.5. The number of aliphatic imine (C=N–C) groups is 2. The number of hydrogen-bond donors (Lipinski definition) is 5. The molecule has 0 unspecified atom stereocenters. The number of carbonyl (C=O) groups excluding carboxylic acids is 6. The van der Waals surface area contributed by atoms with Crippen LogP contribution in [-0.4, -0.2) is 114 Å². The Kier molecular flexibility index (Phi) is 17.9. The van der Waals surface area contributed by atoms with Gasteiger partial charge in [0.2, 0.25) is 11.8 Å². The topological polar surface area (TPSA) is 272 Å². The van der Waals surface area contributed by atoms with E-state index in [9.17, 15) is 28.8 Å². The Bertz CT molecular complexity index is 3230. The molecule has 0 saturated carbocycles. The minimum atomic E-state index is -0.835. The van der Waals surface area contributed by atoms with Crippen LogP contribution in [0.25, 0.3) is 0 Å². The van der Waals surface area contributed by atoms with Crippen molar-refractivity contribution in [1.29, 1.82) is 0 Å². The molecule has 0 bridgehead atoms. The summed E-state index contributed by atoms with van der Waals surface area (Å²) in [5.41, 5.74) is 19.4. The average Bonchev–Trinajstić information content (AvgIpc) is 3.66. The summed E-state index contributed by atoms with van der Waals surface area (Å²) >= 11 is 0. The summed E-state index contributed by atoms with van der Waals surface area (Å²) in [5, 5.41) is 8.33. The van der Waals surface area contributed by atoms with Gasteiger partial charge in [0.1, 0.15) is 19.0 Å². The predicted octanol–water partition coefficient (Wildman–Crippen LogP) is 6.59. The van der Waals surface area contributed by atoms with E-state index in [2.05, 4.69) is 28.1 Å². The second-order valence-corrected chi connectivity index (χ2v) is 20.8. The molecular weight excluding hydrogens is 1020 g/mol. The Hall–Kier alpha value is -8.49. The van der Waals surface area contributed by atoms with Gasteiger partial charge in [-0.15, -0.1) is 0 Å². The van der Waals surface area contributed by atoms with Gasteiger partial charge in [0.15, 0.2) is 17.3 Å². The number of methoxy groups -OCH3 is 1. The number of hydrogen-bond acceptors (Lipinski definition) is 14. The first kappa shape index (κ1) is 56.2. The van der Waals surface area contributed by atoms with Crippen LogP contribution in [0.15, 0.2) is 94.9 Å². The number of amides is 6. The fourth-order valence-electron chi connectivity index (χ4n) is 10.5. The van der Waals surface area contributed by atoms with Crippen LogP contribution in [0, 0.1) is 18.8 Å². The molecule has 9 rings (SSSR count). The molecule has 0 aliphatic carbocycles. The molecule has 418 valence electrons. The van der Waals surface area contributed by atoms with Crippen molar-refractivity contribution >= 4 is 64.9 Å². The second-order valence-electron chi connectivity index (χ2n) is 20.8. The number of rotatable bonds is 23. The van der Waals surface area contributed by atoms with Crippen LogP contribution in [0.4, 0.5) is 21.9 Å². The molecule has 0 radical (unpaired) electrons. The number of carbonyl (C=O) groups is 6. The third-order valence-corrected chi connectivity index (χ3v) is 14.8. The van der Waals surface area contributed by atoms with Gasteiger partial charge in [-0.05, 0) is 103 Å². The highest BCUT2D eigenvalue weighted by molar-refractivity contribution is 6.04. The molecule has 0 spiro atoms. The van der Waals surface area contributed by atoms with Crippen molar-refractivity contribution < 1.29 is 47.7 Å². The molecule has 4 atom stereocenters. The Morgan fingerprint density at radius 3 is 2.05 bits per heavy atom. The first-order chi connectivity index (χ1) is 38.7. The van der Waals surface area contributed by atoms with E-state index >= 15 is 0 Å². The van der Waals surface area contributed by atoms with Gasteiger partial charge >= 0.3 is 6.03 Å². The van der Waals surface area contributed by atoms with Crippen molar-refractivity contribution in [3.63, 3.8) is 0 Å². The molecule has 80 heavy (non-hydrogen) atoms. The lowest BCUT2D eigenvalue weighted by atomic mass is 9.89. The number of nitrogens with one attached hydrogen (secondary N) is 3. The number of nitrogens with two attached hydrogens (primary N) is 2. The van der Waals surface area contributed by atoms with Crippen LogP contribution in [0.1, 0.15) is 99.5 Å². The molecule has 6 amide bonds. The largest absolute Gasteiger partial charge is 0.493 e. The molecule has 5 aromatic rings. The quantitative estimate of drug-likeness (QED) is 0.0434. The van der Waals surface area contributed by atoms with E-state index in [0.29, 0.717) is 95.8 Å². The maximum atomic E-state index is 14.5. The van der Waals surface area contributed by atoms with Crippen molar-refractivity contribution in [1.82, 2.24) is 25.4 Å². The summed E-state index contributed by atoms with van der Waals surface area (Å²) in [6.45, 7) is 7.55. The molecule has 4 aliphatic rings. The van der Waals surface area contributed by atoms with Gasteiger partial charge in [0.05, 0.1) is 72.3 Å². The zero-order valence-electron chi connectivity index (χ0n) is 45.5. The molecule has 1 aromatic heterocycles. The van der Waals surface area contributed by atoms with Crippen molar-refractivity contribution in [2.45, 2.75) is 104 Å². The van der Waals surface area contributed by atoms with Gasteiger partial charge < -0.3 is 56.2 Å². The number of fused-ring (bicyclic) bond motifs is 6. The molecule has 5 heterocycles. The Morgan fingerprint density at radius 2 is 1.39 bits per heavy atom. The lowest BCUT2D eigenvalue weighted by molar-refractivity contribution is -0.131. The average molecular weight is 1090 g/mol. The summed E-state index contributed by atoms with van der Waals surface area (Å²) in [4.78, 5) is 98.2. The Morgan fingerprint density at radius 1 is 0.750 bits per heavy atom. The molecule has 7 N–H and O–H groups in total. The monoisotopic (exact) mass is 1090 g/mol. The number of primary amides is 1. The lowest BCUT2D eigenvalue weighted by Crippen LogP contribution is -2.46. The van der Waals surface area contributed by atoms with E-state index in [1.807, 2.05) is 86.5 Å². The lowest BCUT2D eigenvalue weighted by Gasteiger charge is -2.34. The minimum absolute atomic E-state index is 0.0525. The highest BCUT2D eigenvalue weighted by Crippen LogP contribution is 2.40. The van der Waals surface area contributed by atoms with E-state index in [1.54, 1.807) is 29.3 Å². The Labute approximate surface area is 464 Å². The van der Waals surface area contributed by atoms with Crippen LogP contribution in [0.2, 0.25) is 0 Å². The van der Waals surface area contributed by atoms with Gasteiger partial charge in [0, 0.05) is 75.2 Å². The van der Waals surface area contributed by atoms with E-state index < -0.39 is 23.9 Å².